The molecule has 0 amide bonds. The van der Waals surface area contributed by atoms with E-state index in [1.807, 2.05) is 0 Å². The van der Waals surface area contributed by atoms with E-state index in [1.54, 1.807) is 6.07 Å². The van der Waals surface area contributed by atoms with Gasteiger partial charge in [-0.15, -0.1) is 10.2 Å². The third-order valence-electron chi connectivity index (χ3n) is 1.38. The lowest BCUT2D eigenvalue weighted by Crippen LogP contribution is -1.80. The summed E-state index contributed by atoms with van der Waals surface area (Å²) in [6, 6.07) is 3.14. The Morgan fingerprint density at radius 1 is 1.36 bits per heavy atom. The molecule has 0 aliphatic heterocycles. The van der Waals surface area contributed by atoms with Gasteiger partial charge in [-0.25, -0.2) is 0 Å². The average molecular weight is 292 g/mol. The van der Waals surface area contributed by atoms with Crippen LogP contribution < -0.4 is 0 Å². The lowest BCUT2D eigenvalue weighted by atomic mass is 10.5. The molecule has 14 heavy (non-hydrogen) atoms. The second kappa shape index (κ2) is 3.71. The van der Waals surface area contributed by atoms with E-state index >= 15 is 0 Å². The van der Waals surface area contributed by atoms with Crippen LogP contribution in [0.1, 0.15) is 0 Å². The van der Waals surface area contributed by atoms with E-state index in [0.29, 0.717) is 8.92 Å². The molecule has 0 saturated carbocycles. The second-order valence-electron chi connectivity index (χ2n) is 2.26. The highest BCUT2D eigenvalue weighted by molar-refractivity contribution is 9.11. The summed E-state index contributed by atoms with van der Waals surface area (Å²) >= 11 is 5.62. The molecule has 0 aromatic carbocycles. The smallest absolute Gasteiger partial charge is 0.258 e. The Hall–Kier alpha value is -0.860. The molecule has 0 N–H and O–H groups in total. The zero-order valence-electron chi connectivity index (χ0n) is 6.51. The predicted octanol–water partition coefficient (Wildman–Crippen LogP) is 2.94. The minimum Gasteiger partial charge on any atom is -0.258 e. The number of aromatic nitrogens is 2. The maximum atomic E-state index is 10.4. The summed E-state index contributed by atoms with van der Waals surface area (Å²) in [6.07, 6.45) is 0. The van der Waals surface area contributed by atoms with Crippen molar-refractivity contribution < 1.29 is 4.92 Å². The van der Waals surface area contributed by atoms with Gasteiger partial charge in [-0.1, -0.05) is 22.7 Å². The summed E-state index contributed by atoms with van der Waals surface area (Å²) < 4.78 is 0.670. The van der Waals surface area contributed by atoms with Crippen LogP contribution in [0.3, 0.4) is 0 Å². The number of halogens is 1. The topological polar surface area (TPSA) is 68.9 Å². The van der Waals surface area contributed by atoms with Gasteiger partial charge < -0.3 is 0 Å². The number of rotatable bonds is 2. The molecule has 5 nitrogen and oxygen atoms in total. The molecule has 0 atom stereocenters. The van der Waals surface area contributed by atoms with Crippen LogP contribution in [0, 0.1) is 10.1 Å². The first-order valence-corrected chi connectivity index (χ1v) is 5.83. The molecule has 2 aromatic rings. The quantitative estimate of drug-likeness (QED) is 0.630. The fourth-order valence-corrected chi connectivity index (χ4v) is 2.83. The van der Waals surface area contributed by atoms with Gasteiger partial charge in [-0.3, -0.25) is 10.1 Å². The van der Waals surface area contributed by atoms with E-state index in [4.69, 9.17) is 0 Å². The van der Waals surface area contributed by atoms with Gasteiger partial charge in [-0.05, 0) is 22.0 Å². The Balaban J connectivity index is 2.38. The largest absolute Gasteiger partial charge is 0.324 e. The molecular weight excluding hydrogens is 290 g/mol. The summed E-state index contributed by atoms with van der Waals surface area (Å²) in [5.41, 5.74) is 0. The maximum Gasteiger partial charge on any atom is 0.324 e. The first-order valence-electron chi connectivity index (χ1n) is 3.40. The van der Waals surface area contributed by atoms with Gasteiger partial charge in [0, 0.05) is 6.07 Å². The SMILES string of the molecule is O=[N+]([O-])c1ccc(-c2nnc(Br)s2)s1. The van der Waals surface area contributed by atoms with Crippen LogP contribution in [-0.2, 0) is 0 Å². The summed E-state index contributed by atoms with van der Waals surface area (Å²) in [5.74, 6) is 0. The third-order valence-corrected chi connectivity index (χ3v) is 3.94. The molecule has 0 radical (unpaired) electrons. The summed E-state index contributed by atoms with van der Waals surface area (Å²) in [5, 5.41) is 18.9. The number of hydrogen-bond acceptors (Lipinski definition) is 6. The lowest BCUT2D eigenvalue weighted by molar-refractivity contribution is -0.380. The van der Waals surface area contributed by atoms with E-state index < -0.39 is 4.92 Å². The Labute approximate surface area is 94.7 Å². The predicted molar refractivity (Wildman–Crippen MR) is 57.6 cm³/mol. The molecule has 72 valence electrons. The Bertz CT molecular complexity index is 481. The van der Waals surface area contributed by atoms with Crippen LogP contribution in [0.5, 0.6) is 0 Å². The number of thiophene rings is 1. The van der Waals surface area contributed by atoms with Crippen molar-refractivity contribution in [2.45, 2.75) is 0 Å². The molecule has 8 heteroatoms. The van der Waals surface area contributed by atoms with Gasteiger partial charge in [0.05, 0.1) is 9.80 Å². The molecule has 2 heterocycles. The van der Waals surface area contributed by atoms with Gasteiger partial charge in [0.1, 0.15) is 0 Å². The van der Waals surface area contributed by atoms with Crippen LogP contribution in [-0.4, -0.2) is 15.1 Å². The third kappa shape index (κ3) is 1.81. The second-order valence-corrected chi connectivity index (χ2v) is 5.57. The van der Waals surface area contributed by atoms with Crippen molar-refractivity contribution in [2.24, 2.45) is 0 Å². The highest BCUT2D eigenvalue weighted by Gasteiger charge is 2.13. The van der Waals surface area contributed by atoms with Crippen molar-refractivity contribution in [1.82, 2.24) is 10.2 Å². The Morgan fingerprint density at radius 2 is 2.14 bits per heavy atom. The van der Waals surface area contributed by atoms with Crippen molar-refractivity contribution >= 4 is 43.6 Å². The molecule has 0 aliphatic rings. The molecule has 0 bridgehead atoms. The van der Waals surface area contributed by atoms with Crippen molar-refractivity contribution in [2.75, 3.05) is 0 Å². The zero-order valence-corrected chi connectivity index (χ0v) is 9.73. The Kier molecular flexibility index (Phi) is 2.57. The van der Waals surface area contributed by atoms with Crippen molar-refractivity contribution in [3.8, 4) is 9.88 Å². The zero-order chi connectivity index (χ0) is 10.1. The van der Waals surface area contributed by atoms with E-state index in [1.165, 1.54) is 17.4 Å². The molecule has 0 spiro atoms. The summed E-state index contributed by atoms with van der Waals surface area (Å²) in [6.45, 7) is 0. The summed E-state index contributed by atoms with van der Waals surface area (Å²) in [7, 11) is 0. The lowest BCUT2D eigenvalue weighted by Gasteiger charge is -1.83. The number of nitrogens with zero attached hydrogens (tertiary/aromatic N) is 3. The van der Waals surface area contributed by atoms with E-state index in [2.05, 4.69) is 26.1 Å². The average Bonchev–Trinajstić information content (AvgIpc) is 2.70. The molecule has 0 saturated heterocycles. The van der Waals surface area contributed by atoms with Crippen LogP contribution in [0.25, 0.3) is 9.88 Å². The van der Waals surface area contributed by atoms with Gasteiger partial charge in [0.25, 0.3) is 0 Å². The maximum absolute atomic E-state index is 10.4. The highest BCUT2D eigenvalue weighted by atomic mass is 79.9. The first kappa shape index (κ1) is 9.69. The number of nitro groups is 1. The first-order chi connectivity index (χ1) is 6.66. The van der Waals surface area contributed by atoms with Crippen LogP contribution >= 0.6 is 38.6 Å². The molecule has 2 rings (SSSR count). The van der Waals surface area contributed by atoms with Gasteiger partial charge in [0.2, 0.25) is 0 Å². The van der Waals surface area contributed by atoms with Crippen LogP contribution in [0.15, 0.2) is 16.0 Å². The van der Waals surface area contributed by atoms with E-state index in [0.717, 1.165) is 16.2 Å². The molecule has 0 fully saturated rings. The van der Waals surface area contributed by atoms with E-state index in [9.17, 15) is 10.1 Å². The van der Waals surface area contributed by atoms with Crippen LogP contribution in [0.4, 0.5) is 5.00 Å². The van der Waals surface area contributed by atoms with Crippen molar-refractivity contribution in [3.05, 3.63) is 26.2 Å². The number of hydrogen-bond donors (Lipinski definition) is 0. The molecular formula is C6H2BrN3O2S2. The minimum absolute atomic E-state index is 0.117. The van der Waals surface area contributed by atoms with Crippen LogP contribution in [0.2, 0.25) is 0 Å². The standard InChI is InChI=1S/C6H2BrN3O2S2/c7-6-9-8-5(14-6)3-1-2-4(13-3)10(11)12/h1-2H. The van der Waals surface area contributed by atoms with Gasteiger partial charge in [0.15, 0.2) is 8.92 Å². The van der Waals surface area contributed by atoms with Gasteiger partial charge >= 0.3 is 5.00 Å². The fraction of sp³-hybridized carbons (Fsp3) is 0. The Morgan fingerprint density at radius 3 is 2.64 bits per heavy atom. The van der Waals surface area contributed by atoms with Crippen molar-refractivity contribution in [1.29, 1.82) is 0 Å². The summed E-state index contributed by atoms with van der Waals surface area (Å²) in [4.78, 5) is 10.8. The monoisotopic (exact) mass is 291 g/mol. The van der Waals surface area contributed by atoms with E-state index in [-0.39, 0.29) is 5.00 Å². The molecule has 2 aromatic heterocycles. The normalized spacial score (nSPS) is 10.4. The minimum atomic E-state index is -0.412. The molecule has 0 unspecified atom stereocenters. The van der Waals surface area contributed by atoms with Crippen molar-refractivity contribution in [3.63, 3.8) is 0 Å². The fourth-order valence-electron chi connectivity index (χ4n) is 0.846. The molecule has 0 aliphatic carbocycles. The van der Waals surface area contributed by atoms with Gasteiger partial charge in [-0.2, -0.15) is 0 Å². The highest BCUT2D eigenvalue weighted by Crippen LogP contribution is 2.35.